The van der Waals surface area contributed by atoms with Crippen molar-refractivity contribution in [3.8, 4) is 0 Å². The van der Waals surface area contributed by atoms with E-state index in [1.54, 1.807) is 6.20 Å². The van der Waals surface area contributed by atoms with Gasteiger partial charge in [-0.05, 0) is 30.7 Å². The predicted molar refractivity (Wildman–Crippen MR) is 71.2 cm³/mol. The highest BCUT2D eigenvalue weighted by Gasteiger charge is 2.16. The van der Waals surface area contributed by atoms with Crippen molar-refractivity contribution < 1.29 is 4.42 Å². The lowest BCUT2D eigenvalue weighted by molar-refractivity contribution is 0.520. The summed E-state index contributed by atoms with van der Waals surface area (Å²) in [5.41, 5.74) is 9.02. The van der Waals surface area contributed by atoms with Crippen molar-refractivity contribution in [1.82, 2.24) is 4.98 Å². The highest BCUT2D eigenvalue weighted by atomic mass is 16.3. The number of nitrogens with two attached hydrogens (primary N) is 1. The lowest BCUT2D eigenvalue weighted by Gasteiger charge is -2.10. The second-order valence-corrected chi connectivity index (χ2v) is 4.37. The molecule has 0 aliphatic carbocycles. The van der Waals surface area contributed by atoms with E-state index in [1.807, 2.05) is 49.4 Å². The van der Waals surface area contributed by atoms with Crippen LogP contribution < -0.4 is 5.73 Å². The third-order valence-electron chi connectivity index (χ3n) is 3.10. The molecule has 0 bridgehead atoms. The van der Waals surface area contributed by atoms with Crippen molar-refractivity contribution in [3.63, 3.8) is 0 Å². The number of aromatic nitrogens is 1. The van der Waals surface area contributed by atoms with Crippen LogP contribution in [-0.4, -0.2) is 4.98 Å². The van der Waals surface area contributed by atoms with E-state index in [0.29, 0.717) is 0 Å². The summed E-state index contributed by atoms with van der Waals surface area (Å²) in [6, 6.07) is 13.5. The number of para-hydroxylation sites is 1. The first-order valence-electron chi connectivity index (χ1n) is 5.91. The fraction of sp³-hybridized carbons (Fsp3) is 0.133. The molecule has 0 radical (unpaired) electrons. The molecule has 3 aromatic rings. The van der Waals surface area contributed by atoms with Gasteiger partial charge < -0.3 is 10.2 Å². The summed E-state index contributed by atoms with van der Waals surface area (Å²) in [5.74, 6) is 0.748. The van der Waals surface area contributed by atoms with E-state index < -0.39 is 0 Å². The van der Waals surface area contributed by atoms with Crippen molar-refractivity contribution in [2.75, 3.05) is 0 Å². The number of fused-ring (bicyclic) bond motifs is 1. The summed E-state index contributed by atoms with van der Waals surface area (Å²) >= 11 is 0. The third-order valence-corrected chi connectivity index (χ3v) is 3.10. The molecule has 3 rings (SSSR count). The second-order valence-electron chi connectivity index (χ2n) is 4.37. The molecule has 0 aliphatic rings. The maximum absolute atomic E-state index is 6.22. The lowest BCUT2D eigenvalue weighted by atomic mass is 10.1. The molecular weight excluding hydrogens is 224 g/mol. The minimum atomic E-state index is -0.321. The molecular formula is C15H14N2O. The summed E-state index contributed by atoms with van der Waals surface area (Å²) < 4.78 is 5.77. The first-order valence-corrected chi connectivity index (χ1v) is 5.91. The zero-order chi connectivity index (χ0) is 12.5. The molecule has 2 aromatic heterocycles. The SMILES string of the molecule is Cc1cccnc1C(N)c1cc2ccccc2o1. The number of benzene rings is 1. The highest BCUT2D eigenvalue weighted by Crippen LogP contribution is 2.26. The molecule has 0 fully saturated rings. The number of furan rings is 1. The Balaban J connectivity index is 2.07. The van der Waals surface area contributed by atoms with Crippen molar-refractivity contribution in [1.29, 1.82) is 0 Å². The van der Waals surface area contributed by atoms with Crippen molar-refractivity contribution in [2.24, 2.45) is 5.73 Å². The Bertz CT molecular complexity index is 655. The van der Waals surface area contributed by atoms with Crippen molar-refractivity contribution >= 4 is 11.0 Å². The number of nitrogens with zero attached hydrogens (tertiary/aromatic N) is 1. The number of hydrogen-bond acceptors (Lipinski definition) is 3. The van der Waals surface area contributed by atoms with Gasteiger partial charge in [0.1, 0.15) is 17.4 Å². The monoisotopic (exact) mass is 238 g/mol. The van der Waals surface area contributed by atoms with Crippen LogP contribution in [0.1, 0.15) is 23.1 Å². The van der Waals surface area contributed by atoms with Crippen LogP contribution in [0.15, 0.2) is 53.1 Å². The molecule has 2 heterocycles. The number of hydrogen-bond donors (Lipinski definition) is 1. The van der Waals surface area contributed by atoms with Crippen LogP contribution in [0, 0.1) is 6.92 Å². The molecule has 3 heteroatoms. The van der Waals surface area contributed by atoms with Crippen LogP contribution >= 0.6 is 0 Å². The number of pyridine rings is 1. The molecule has 0 saturated carbocycles. The molecule has 3 nitrogen and oxygen atoms in total. The van der Waals surface area contributed by atoms with Gasteiger partial charge in [-0.1, -0.05) is 24.3 Å². The Kier molecular flexibility index (Phi) is 2.61. The van der Waals surface area contributed by atoms with E-state index in [1.165, 1.54) is 0 Å². The van der Waals surface area contributed by atoms with Crippen molar-refractivity contribution in [2.45, 2.75) is 13.0 Å². The zero-order valence-electron chi connectivity index (χ0n) is 10.1. The number of rotatable bonds is 2. The van der Waals surface area contributed by atoms with Gasteiger partial charge in [0.15, 0.2) is 0 Å². The molecule has 18 heavy (non-hydrogen) atoms. The fourth-order valence-corrected chi connectivity index (χ4v) is 2.11. The maximum Gasteiger partial charge on any atom is 0.134 e. The van der Waals surface area contributed by atoms with Gasteiger partial charge in [0.25, 0.3) is 0 Å². The zero-order valence-corrected chi connectivity index (χ0v) is 10.1. The van der Waals surface area contributed by atoms with E-state index in [2.05, 4.69) is 4.98 Å². The van der Waals surface area contributed by atoms with Gasteiger partial charge in [0.05, 0.1) is 5.69 Å². The highest BCUT2D eigenvalue weighted by molar-refractivity contribution is 5.77. The van der Waals surface area contributed by atoms with Gasteiger partial charge in [-0.25, -0.2) is 0 Å². The predicted octanol–water partition coefficient (Wildman–Crippen LogP) is 3.18. The topological polar surface area (TPSA) is 52.0 Å². The Labute approximate surface area is 105 Å². The van der Waals surface area contributed by atoms with Gasteiger partial charge >= 0.3 is 0 Å². The third kappa shape index (κ3) is 1.79. The molecule has 2 N–H and O–H groups in total. The second kappa shape index (κ2) is 4.27. The van der Waals surface area contributed by atoms with Gasteiger partial charge in [0, 0.05) is 11.6 Å². The summed E-state index contributed by atoms with van der Waals surface area (Å²) in [6.45, 7) is 2.00. The van der Waals surface area contributed by atoms with E-state index in [9.17, 15) is 0 Å². The molecule has 1 atom stereocenters. The van der Waals surface area contributed by atoms with Crippen LogP contribution in [0.2, 0.25) is 0 Å². The smallest absolute Gasteiger partial charge is 0.134 e. The molecule has 0 amide bonds. The van der Waals surface area contributed by atoms with E-state index in [0.717, 1.165) is 28.0 Å². The largest absolute Gasteiger partial charge is 0.459 e. The van der Waals surface area contributed by atoms with Gasteiger partial charge in [-0.15, -0.1) is 0 Å². The van der Waals surface area contributed by atoms with Gasteiger partial charge in [0.2, 0.25) is 0 Å². The first-order chi connectivity index (χ1) is 8.75. The maximum atomic E-state index is 6.22. The summed E-state index contributed by atoms with van der Waals surface area (Å²) in [4.78, 5) is 4.34. The number of aryl methyl sites for hydroxylation is 1. The van der Waals surface area contributed by atoms with Crippen LogP contribution in [0.3, 0.4) is 0 Å². The van der Waals surface area contributed by atoms with Crippen LogP contribution in [0.4, 0.5) is 0 Å². The lowest BCUT2D eigenvalue weighted by Crippen LogP contribution is -2.14. The Hall–Kier alpha value is -2.13. The van der Waals surface area contributed by atoms with Crippen molar-refractivity contribution in [3.05, 3.63) is 65.7 Å². The Morgan fingerprint density at radius 2 is 2.00 bits per heavy atom. The minimum Gasteiger partial charge on any atom is -0.459 e. The quantitative estimate of drug-likeness (QED) is 0.746. The summed E-state index contributed by atoms with van der Waals surface area (Å²) in [7, 11) is 0. The molecule has 0 aliphatic heterocycles. The molecule has 0 spiro atoms. The van der Waals surface area contributed by atoms with Gasteiger partial charge in [-0.3, -0.25) is 4.98 Å². The van der Waals surface area contributed by atoms with E-state index in [-0.39, 0.29) is 6.04 Å². The molecule has 0 saturated heterocycles. The van der Waals surface area contributed by atoms with Crippen LogP contribution in [0.25, 0.3) is 11.0 Å². The summed E-state index contributed by atoms with van der Waals surface area (Å²) in [5, 5.41) is 1.07. The normalized spacial score (nSPS) is 12.8. The summed E-state index contributed by atoms with van der Waals surface area (Å²) in [6.07, 6.45) is 1.75. The minimum absolute atomic E-state index is 0.321. The molecule has 1 unspecified atom stereocenters. The average Bonchev–Trinajstić information content (AvgIpc) is 2.82. The Morgan fingerprint density at radius 3 is 2.78 bits per heavy atom. The van der Waals surface area contributed by atoms with Gasteiger partial charge in [-0.2, -0.15) is 0 Å². The average molecular weight is 238 g/mol. The fourth-order valence-electron chi connectivity index (χ4n) is 2.11. The standard InChI is InChI=1S/C15H14N2O/c1-10-5-4-8-17-15(10)14(16)13-9-11-6-2-3-7-12(11)18-13/h2-9,14H,16H2,1H3. The Morgan fingerprint density at radius 1 is 1.17 bits per heavy atom. The van der Waals surface area contributed by atoms with E-state index >= 15 is 0 Å². The van der Waals surface area contributed by atoms with E-state index in [4.69, 9.17) is 10.2 Å². The van der Waals surface area contributed by atoms with Crippen LogP contribution in [-0.2, 0) is 0 Å². The molecule has 1 aromatic carbocycles. The first kappa shape index (κ1) is 11.0. The van der Waals surface area contributed by atoms with Crippen LogP contribution in [0.5, 0.6) is 0 Å². The molecule has 90 valence electrons.